The molecule has 1 aromatic heterocycles. The van der Waals surface area contributed by atoms with E-state index in [4.69, 9.17) is 10.5 Å². The zero-order valence-corrected chi connectivity index (χ0v) is 12.6. The minimum atomic E-state index is 0.668. The van der Waals surface area contributed by atoms with Crippen molar-refractivity contribution in [1.82, 2.24) is 14.7 Å². The Labute approximate surface area is 115 Å². The lowest BCUT2D eigenvalue weighted by Crippen LogP contribution is -2.20. The first-order valence-corrected chi connectivity index (χ1v) is 6.84. The highest BCUT2D eigenvalue weighted by atomic mass is 16.5. The third kappa shape index (κ3) is 5.08. The summed E-state index contributed by atoms with van der Waals surface area (Å²) >= 11 is 0. The van der Waals surface area contributed by atoms with Gasteiger partial charge in [0, 0.05) is 20.1 Å². The summed E-state index contributed by atoms with van der Waals surface area (Å²) in [6, 6.07) is 0. The lowest BCUT2D eigenvalue weighted by Gasteiger charge is -2.11. The zero-order chi connectivity index (χ0) is 14.3. The first-order valence-electron chi connectivity index (χ1n) is 6.84. The van der Waals surface area contributed by atoms with Crippen LogP contribution in [0.4, 0.5) is 11.5 Å². The number of aryl methyl sites for hydroxylation is 2. The largest absolute Gasteiger partial charge is 0.394 e. The van der Waals surface area contributed by atoms with Crippen molar-refractivity contribution in [3.05, 3.63) is 5.69 Å². The average molecular weight is 269 g/mol. The average Bonchev–Trinajstić information content (AvgIpc) is 2.60. The van der Waals surface area contributed by atoms with Crippen LogP contribution in [-0.4, -0.2) is 55.1 Å². The highest BCUT2D eigenvalue weighted by Crippen LogP contribution is 2.22. The van der Waals surface area contributed by atoms with Crippen molar-refractivity contribution in [1.29, 1.82) is 0 Å². The van der Waals surface area contributed by atoms with Gasteiger partial charge in [0.1, 0.15) is 5.82 Å². The summed E-state index contributed by atoms with van der Waals surface area (Å²) in [5.74, 6) is 0.889. The molecule has 6 heteroatoms. The van der Waals surface area contributed by atoms with E-state index in [0.717, 1.165) is 49.7 Å². The molecule has 0 fully saturated rings. The number of nitrogen functional groups attached to an aromatic ring is 1. The van der Waals surface area contributed by atoms with Crippen molar-refractivity contribution in [2.24, 2.45) is 7.05 Å². The third-order valence-electron chi connectivity index (χ3n) is 2.87. The van der Waals surface area contributed by atoms with Crippen LogP contribution in [0.1, 0.15) is 19.0 Å². The van der Waals surface area contributed by atoms with E-state index < -0.39 is 0 Å². The van der Waals surface area contributed by atoms with Crippen molar-refractivity contribution in [2.75, 3.05) is 51.4 Å². The minimum absolute atomic E-state index is 0.668. The smallest absolute Gasteiger partial charge is 0.147 e. The fourth-order valence-electron chi connectivity index (χ4n) is 1.82. The summed E-state index contributed by atoms with van der Waals surface area (Å²) in [7, 11) is 5.98. The van der Waals surface area contributed by atoms with Crippen LogP contribution in [0.15, 0.2) is 0 Å². The van der Waals surface area contributed by atoms with Crippen molar-refractivity contribution in [3.63, 3.8) is 0 Å². The molecule has 0 bridgehead atoms. The number of hydrogen-bond donors (Lipinski definition) is 2. The molecule has 1 heterocycles. The molecule has 0 aromatic carbocycles. The summed E-state index contributed by atoms with van der Waals surface area (Å²) in [5, 5.41) is 7.70. The molecule has 0 amide bonds. The van der Waals surface area contributed by atoms with Crippen LogP contribution in [-0.2, 0) is 18.2 Å². The number of ether oxygens (including phenoxy) is 1. The molecular formula is C13H27N5O. The predicted molar refractivity (Wildman–Crippen MR) is 79.5 cm³/mol. The van der Waals surface area contributed by atoms with Gasteiger partial charge in [0.25, 0.3) is 0 Å². The number of nitrogens with one attached hydrogen (secondary N) is 1. The molecule has 1 rings (SSSR count). The second kappa shape index (κ2) is 8.01. The highest BCUT2D eigenvalue weighted by molar-refractivity contribution is 5.65. The van der Waals surface area contributed by atoms with Crippen LogP contribution in [0.3, 0.4) is 0 Å². The van der Waals surface area contributed by atoms with E-state index in [1.807, 2.05) is 21.1 Å². The van der Waals surface area contributed by atoms with Gasteiger partial charge in [-0.1, -0.05) is 13.3 Å². The molecule has 110 valence electrons. The zero-order valence-electron chi connectivity index (χ0n) is 12.6. The Morgan fingerprint density at radius 3 is 2.74 bits per heavy atom. The number of aromatic nitrogens is 2. The molecule has 0 aliphatic heterocycles. The normalized spacial score (nSPS) is 11.2. The fourth-order valence-corrected chi connectivity index (χ4v) is 1.82. The number of anilines is 2. The van der Waals surface area contributed by atoms with Crippen molar-refractivity contribution >= 4 is 11.5 Å². The maximum absolute atomic E-state index is 6.08. The van der Waals surface area contributed by atoms with Gasteiger partial charge >= 0.3 is 0 Å². The number of rotatable bonds is 9. The van der Waals surface area contributed by atoms with E-state index in [9.17, 15) is 0 Å². The summed E-state index contributed by atoms with van der Waals surface area (Å²) in [6.07, 6.45) is 1.97. The first-order chi connectivity index (χ1) is 9.06. The summed E-state index contributed by atoms with van der Waals surface area (Å²) in [4.78, 5) is 2.10. The molecule has 0 saturated heterocycles. The van der Waals surface area contributed by atoms with Gasteiger partial charge in [-0.2, -0.15) is 5.10 Å². The van der Waals surface area contributed by atoms with Gasteiger partial charge in [0.15, 0.2) is 0 Å². The number of hydrogen-bond acceptors (Lipinski definition) is 5. The molecule has 0 atom stereocenters. The molecule has 1 aromatic rings. The van der Waals surface area contributed by atoms with Gasteiger partial charge in [0.2, 0.25) is 0 Å². The Hall–Kier alpha value is -1.27. The standard InChI is InChI=1S/C13H27N5O/c1-5-6-11-12(14)13(18(4)16-11)15-7-9-19-10-8-17(2)3/h15H,5-10,14H2,1-4H3. The SMILES string of the molecule is CCCc1nn(C)c(NCCOCCN(C)C)c1N. The Kier molecular flexibility index (Phi) is 6.66. The number of nitrogens with two attached hydrogens (primary N) is 1. The Balaban J connectivity index is 2.33. The fraction of sp³-hybridized carbons (Fsp3) is 0.769. The van der Waals surface area contributed by atoms with Gasteiger partial charge < -0.3 is 20.7 Å². The number of nitrogens with zero attached hydrogens (tertiary/aromatic N) is 3. The van der Waals surface area contributed by atoms with E-state index in [1.54, 1.807) is 4.68 Å². The van der Waals surface area contributed by atoms with Gasteiger partial charge in [0.05, 0.1) is 24.6 Å². The van der Waals surface area contributed by atoms with E-state index in [1.165, 1.54) is 0 Å². The maximum Gasteiger partial charge on any atom is 0.147 e. The monoisotopic (exact) mass is 269 g/mol. The minimum Gasteiger partial charge on any atom is -0.394 e. The van der Waals surface area contributed by atoms with E-state index in [-0.39, 0.29) is 0 Å². The summed E-state index contributed by atoms with van der Waals surface area (Å²) in [5.41, 5.74) is 7.81. The quantitative estimate of drug-likeness (QED) is 0.653. The lowest BCUT2D eigenvalue weighted by atomic mass is 10.2. The second-order valence-electron chi connectivity index (χ2n) is 4.93. The van der Waals surface area contributed by atoms with Crippen molar-refractivity contribution in [3.8, 4) is 0 Å². The topological polar surface area (TPSA) is 68.3 Å². The first kappa shape index (κ1) is 15.8. The molecule has 0 unspecified atom stereocenters. The van der Waals surface area contributed by atoms with Gasteiger partial charge in [-0.05, 0) is 20.5 Å². The number of likely N-dealkylation sites (N-methyl/N-ethyl adjacent to an activating group) is 1. The maximum atomic E-state index is 6.08. The Morgan fingerprint density at radius 1 is 1.37 bits per heavy atom. The molecule has 3 N–H and O–H groups in total. The molecule has 0 aliphatic rings. The summed E-state index contributed by atoms with van der Waals surface area (Å²) < 4.78 is 7.33. The molecule has 0 radical (unpaired) electrons. The summed E-state index contributed by atoms with van der Waals surface area (Å²) in [6.45, 7) is 5.22. The van der Waals surface area contributed by atoms with Crippen LogP contribution in [0, 0.1) is 0 Å². The Morgan fingerprint density at radius 2 is 2.11 bits per heavy atom. The molecule has 6 nitrogen and oxygen atoms in total. The molecule has 0 spiro atoms. The molecular weight excluding hydrogens is 242 g/mol. The van der Waals surface area contributed by atoms with E-state index >= 15 is 0 Å². The van der Waals surface area contributed by atoms with Crippen LogP contribution >= 0.6 is 0 Å². The van der Waals surface area contributed by atoms with E-state index in [0.29, 0.717) is 6.61 Å². The predicted octanol–water partition coefficient (Wildman–Crippen LogP) is 0.945. The second-order valence-corrected chi connectivity index (χ2v) is 4.93. The van der Waals surface area contributed by atoms with Crippen LogP contribution in [0.2, 0.25) is 0 Å². The molecule has 0 aliphatic carbocycles. The van der Waals surface area contributed by atoms with Crippen molar-refractivity contribution in [2.45, 2.75) is 19.8 Å². The van der Waals surface area contributed by atoms with Gasteiger partial charge in [-0.15, -0.1) is 0 Å². The van der Waals surface area contributed by atoms with Crippen LogP contribution in [0.25, 0.3) is 0 Å². The Bertz CT molecular complexity index is 375. The third-order valence-corrected chi connectivity index (χ3v) is 2.87. The van der Waals surface area contributed by atoms with Crippen LogP contribution in [0.5, 0.6) is 0 Å². The van der Waals surface area contributed by atoms with Gasteiger partial charge in [-0.25, -0.2) is 0 Å². The van der Waals surface area contributed by atoms with Crippen molar-refractivity contribution < 1.29 is 4.74 Å². The molecule has 19 heavy (non-hydrogen) atoms. The van der Waals surface area contributed by atoms with Crippen LogP contribution < -0.4 is 11.1 Å². The lowest BCUT2D eigenvalue weighted by molar-refractivity contribution is 0.126. The van der Waals surface area contributed by atoms with E-state index in [2.05, 4.69) is 22.2 Å². The molecule has 0 saturated carbocycles. The van der Waals surface area contributed by atoms with Gasteiger partial charge in [-0.3, -0.25) is 4.68 Å². The highest BCUT2D eigenvalue weighted by Gasteiger charge is 2.11.